The minimum atomic E-state index is -0.597. The fraction of sp³-hybridized carbons (Fsp3) is 0.517. The van der Waals surface area contributed by atoms with Gasteiger partial charge in [0.05, 0.1) is 38.1 Å². The van der Waals surface area contributed by atoms with Crippen LogP contribution in [0.4, 0.5) is 30.7 Å². The molecule has 9 aromatic rings. The smallest absolute Gasteiger partial charge is 0.134 e. The Balaban J connectivity index is 0.000000141. The molecular weight excluding hydrogens is 1370 g/mol. The lowest BCUT2D eigenvalue weighted by molar-refractivity contribution is 0.0667. The summed E-state index contributed by atoms with van der Waals surface area (Å²) in [6, 6.07) is 38.7. The third-order valence-corrected chi connectivity index (χ3v) is 23.2. The zero-order valence-corrected chi connectivity index (χ0v) is 64.9. The van der Waals surface area contributed by atoms with Crippen molar-refractivity contribution in [3.63, 3.8) is 0 Å². The third-order valence-electron chi connectivity index (χ3n) is 22.0. The van der Waals surface area contributed by atoms with Gasteiger partial charge in [-0.3, -0.25) is 42.6 Å². The van der Waals surface area contributed by atoms with Gasteiger partial charge in [-0.1, -0.05) is 129 Å². The zero-order valence-electron chi connectivity index (χ0n) is 64.1. The second-order valence-electron chi connectivity index (χ2n) is 34.7. The first kappa shape index (κ1) is 77.2. The highest BCUT2D eigenvalue weighted by atomic mass is 32.1. The van der Waals surface area contributed by atoms with E-state index < -0.39 is 35.4 Å². The zero-order chi connectivity index (χ0) is 75.1. The van der Waals surface area contributed by atoms with Crippen molar-refractivity contribution in [2.45, 2.75) is 139 Å². The van der Waals surface area contributed by atoms with E-state index in [4.69, 9.17) is 14.2 Å². The van der Waals surface area contributed by atoms with Crippen LogP contribution in [0.15, 0.2) is 121 Å². The van der Waals surface area contributed by atoms with E-state index in [2.05, 4.69) is 171 Å². The van der Waals surface area contributed by atoms with E-state index in [-0.39, 0.29) is 94.8 Å². The van der Waals surface area contributed by atoms with Crippen molar-refractivity contribution >= 4 is 43.2 Å². The molecule has 0 unspecified atom stereocenters. The maximum Gasteiger partial charge on any atom is 0.134 e. The Kier molecular flexibility index (Phi) is 23.5. The van der Waals surface area contributed by atoms with Crippen LogP contribution in [-0.4, -0.2) is 176 Å². The van der Waals surface area contributed by atoms with Crippen LogP contribution in [-0.2, 0) is 19.3 Å². The molecule has 2 N–H and O–H groups in total. The Bertz CT molecular complexity index is 4230. The maximum atomic E-state index is 15.8. The average Bonchev–Trinajstić information content (AvgIpc) is 1.56. The molecule has 6 aliphatic heterocycles. The number of rotatable bonds is 21. The molecule has 0 bridgehead atoms. The molecule has 0 amide bonds. The van der Waals surface area contributed by atoms with Gasteiger partial charge in [-0.25, -0.2) is 17.6 Å². The van der Waals surface area contributed by atoms with E-state index in [0.717, 1.165) is 95.5 Å². The van der Waals surface area contributed by atoms with E-state index in [1.165, 1.54) is 50.4 Å². The second kappa shape index (κ2) is 32.3. The summed E-state index contributed by atoms with van der Waals surface area (Å²) < 4.78 is 120. The summed E-state index contributed by atoms with van der Waals surface area (Å²) in [6.07, 6.45) is 2.70. The Hall–Kier alpha value is -6.97. The largest absolute Gasteiger partial charge is 0.492 e. The molecular formula is C87H109F7N8O3S. The number of nitrogens with zero attached hydrogens (tertiary/aromatic N) is 6. The number of thiophene rings is 1. The fourth-order valence-corrected chi connectivity index (χ4v) is 18.5. The number of hydrogen-bond donors (Lipinski definition) is 2. The molecule has 0 aliphatic carbocycles. The van der Waals surface area contributed by atoms with Crippen molar-refractivity contribution < 1.29 is 44.9 Å². The molecule has 6 aromatic carbocycles. The van der Waals surface area contributed by atoms with Crippen LogP contribution in [0.5, 0.6) is 17.2 Å². The molecule has 3 saturated heterocycles. The summed E-state index contributed by atoms with van der Waals surface area (Å²) in [5.74, 6) is -0.685. The van der Waals surface area contributed by atoms with Crippen LogP contribution in [0.3, 0.4) is 0 Å². The molecule has 9 heterocycles. The lowest BCUT2D eigenvalue weighted by atomic mass is 9.84. The standard InChI is InChI=1S/2C29H36F3N3O.C29H37FN2OS/c2*1-18-11-25-26(21-7-5-6-8-24(21)33-25)28(35(18)17-29(2,3)4)27-22(31)12-20(13-23(27)32)36-10-9-34-15-19(14-30)16-34;1-20-15-26-27(24-7-5-6-8-25(24)34-26)28(32(20)19-29(2,3)4)22-9-11-23(12-10-22)33-14-13-31-17-21(16-30)18-31/h2*5-8,12-13,18-19,28,33H,9-11,14-17H2,1-4H3;5-12,20-21,28H,13-19H2,1-4H3/t2*18-,28+;20-,28+/m100/s1. The molecule has 6 aliphatic rings. The third kappa shape index (κ3) is 17.4. The van der Waals surface area contributed by atoms with Crippen molar-refractivity contribution in [2.75, 3.05) is 118 Å². The summed E-state index contributed by atoms with van der Waals surface area (Å²) in [4.78, 5) is 22.2. The number of para-hydroxylation sites is 2. The van der Waals surface area contributed by atoms with Gasteiger partial charge in [0.15, 0.2) is 0 Å². The monoisotopic (exact) mass is 1480 g/mol. The number of nitrogens with one attached hydrogen (secondary N) is 2. The van der Waals surface area contributed by atoms with Crippen LogP contribution >= 0.6 is 11.3 Å². The van der Waals surface area contributed by atoms with Crippen molar-refractivity contribution in [1.82, 2.24) is 39.4 Å². The molecule has 0 saturated carbocycles. The first-order valence-corrected chi connectivity index (χ1v) is 39.2. The summed E-state index contributed by atoms with van der Waals surface area (Å²) in [5, 5.41) is 3.41. The number of aromatic amines is 2. The predicted octanol–water partition coefficient (Wildman–Crippen LogP) is 18.8. The summed E-state index contributed by atoms with van der Waals surface area (Å²) in [6.45, 7) is 36.1. The Morgan fingerprint density at radius 3 is 1.14 bits per heavy atom. The lowest BCUT2D eigenvalue weighted by Gasteiger charge is -2.44. The molecule has 15 rings (SSSR count). The van der Waals surface area contributed by atoms with E-state index in [9.17, 15) is 13.2 Å². The van der Waals surface area contributed by atoms with Gasteiger partial charge in [-0.2, -0.15) is 0 Å². The highest BCUT2D eigenvalue weighted by molar-refractivity contribution is 7.19. The molecule has 0 spiro atoms. The predicted molar refractivity (Wildman–Crippen MR) is 415 cm³/mol. The summed E-state index contributed by atoms with van der Waals surface area (Å²) in [7, 11) is 0. The number of halogens is 7. The number of aromatic nitrogens is 2. The number of H-pyrrole nitrogens is 2. The van der Waals surface area contributed by atoms with Gasteiger partial charge in [0.2, 0.25) is 0 Å². The molecule has 19 heteroatoms. The molecule has 0 radical (unpaired) electrons. The Morgan fingerprint density at radius 2 is 0.755 bits per heavy atom. The number of hydrogen-bond acceptors (Lipinski definition) is 10. The highest BCUT2D eigenvalue weighted by Crippen LogP contribution is 2.50. The van der Waals surface area contributed by atoms with Crippen molar-refractivity contribution in [3.05, 3.63) is 194 Å². The van der Waals surface area contributed by atoms with Crippen LogP contribution in [0, 0.1) is 57.3 Å². The molecule has 11 nitrogen and oxygen atoms in total. The van der Waals surface area contributed by atoms with Crippen molar-refractivity contribution in [3.8, 4) is 17.2 Å². The van der Waals surface area contributed by atoms with Crippen LogP contribution < -0.4 is 14.2 Å². The number of alkyl halides is 3. The summed E-state index contributed by atoms with van der Waals surface area (Å²) in [5.41, 5.74) is 9.05. The van der Waals surface area contributed by atoms with Gasteiger partial charge in [-0.05, 0) is 90.3 Å². The number of fused-ring (bicyclic) bond motifs is 9. The van der Waals surface area contributed by atoms with Gasteiger partial charge in [0, 0.05) is 217 Å². The van der Waals surface area contributed by atoms with E-state index in [1.807, 2.05) is 59.9 Å². The van der Waals surface area contributed by atoms with Crippen molar-refractivity contribution in [2.24, 2.45) is 34.0 Å². The number of benzene rings is 6. The first-order chi connectivity index (χ1) is 50.6. The Labute approximate surface area is 626 Å². The van der Waals surface area contributed by atoms with E-state index in [1.54, 1.807) is 0 Å². The van der Waals surface area contributed by atoms with Crippen LogP contribution in [0.1, 0.15) is 151 Å². The van der Waals surface area contributed by atoms with Gasteiger partial charge in [0.1, 0.15) is 60.3 Å². The molecule has 6 atom stereocenters. The topological polar surface area (TPSA) is 78.7 Å². The average molecular weight is 1480 g/mol. The van der Waals surface area contributed by atoms with E-state index in [0.29, 0.717) is 78.2 Å². The Morgan fingerprint density at radius 1 is 0.406 bits per heavy atom. The SMILES string of the molecule is C[C@@H]1Cc2[nH]c3ccccc3c2[C@@H](c2c(F)cc(OCCN3CC(CF)C3)cc2F)N1CC(C)(C)C.C[C@H]1Cc2[nH]c3ccccc3c2[C@H](c2c(F)cc(OCCN3CC(CF)C3)cc2F)N1CC(C)(C)C.C[C@H]1Cc2sc3ccccc3c2[C@@H](c2ccc(OCCN3CC(CF)C3)cc2)N1CC(C)(C)C. The van der Waals surface area contributed by atoms with Crippen molar-refractivity contribution in [1.29, 1.82) is 0 Å². The molecule has 106 heavy (non-hydrogen) atoms. The molecule has 3 aromatic heterocycles. The number of ether oxygens (including phenoxy) is 3. The van der Waals surface area contributed by atoms with Crippen LogP contribution in [0.2, 0.25) is 0 Å². The van der Waals surface area contributed by atoms with Gasteiger partial charge < -0.3 is 24.2 Å². The normalized spacial score (nSPS) is 21.7. The van der Waals surface area contributed by atoms with Gasteiger partial charge in [0.25, 0.3) is 0 Å². The fourth-order valence-electron chi connectivity index (χ4n) is 17.1. The minimum Gasteiger partial charge on any atom is -0.492 e. The van der Waals surface area contributed by atoms with Gasteiger partial charge in [-0.15, -0.1) is 11.3 Å². The quantitative estimate of drug-likeness (QED) is 0.0684. The first-order valence-electron chi connectivity index (χ1n) is 38.4. The minimum absolute atomic E-state index is 0.0514. The van der Waals surface area contributed by atoms with E-state index >= 15 is 17.6 Å². The maximum absolute atomic E-state index is 15.8. The lowest BCUT2D eigenvalue weighted by Crippen LogP contribution is -2.49. The highest BCUT2D eigenvalue weighted by Gasteiger charge is 2.44. The number of likely N-dealkylation sites (tertiary alicyclic amines) is 3. The second-order valence-corrected chi connectivity index (χ2v) is 35.8. The van der Waals surface area contributed by atoms with Gasteiger partial charge >= 0.3 is 0 Å². The molecule has 3 fully saturated rings. The molecule has 570 valence electrons. The summed E-state index contributed by atoms with van der Waals surface area (Å²) >= 11 is 1.97. The van der Waals surface area contributed by atoms with Crippen LogP contribution in [0.25, 0.3) is 31.9 Å².